The summed E-state index contributed by atoms with van der Waals surface area (Å²) in [6.45, 7) is 4.77. The summed E-state index contributed by atoms with van der Waals surface area (Å²) in [5, 5.41) is 7.07. The minimum atomic E-state index is -0.890. The van der Waals surface area contributed by atoms with Crippen LogP contribution in [-0.2, 0) is 21.4 Å². The third-order valence-corrected chi connectivity index (χ3v) is 8.42. The molecule has 8 heteroatoms. The maximum atomic E-state index is 14.7. The molecule has 2 aromatic rings. The zero-order chi connectivity index (χ0) is 24.7. The molecule has 6 rings (SSSR count). The highest BCUT2D eigenvalue weighted by molar-refractivity contribution is 6.35. The monoisotopic (exact) mass is 517 g/mol. The summed E-state index contributed by atoms with van der Waals surface area (Å²) in [6, 6.07) is 9.24. The fourth-order valence-electron chi connectivity index (χ4n) is 5.58. The number of rotatable bonds is 7. The smallest absolute Gasteiger partial charge is 0.243 e. The molecule has 2 aromatic carbocycles. The van der Waals surface area contributed by atoms with Crippen LogP contribution in [0.5, 0.6) is 0 Å². The fourth-order valence-corrected chi connectivity index (χ4v) is 6.17. The number of nitrogens with one attached hydrogen (secondary N) is 2. The van der Waals surface area contributed by atoms with Crippen LogP contribution in [0.15, 0.2) is 36.4 Å². The van der Waals surface area contributed by atoms with Gasteiger partial charge in [-0.15, -0.1) is 0 Å². The number of piperidine rings is 3. The number of halogens is 3. The van der Waals surface area contributed by atoms with Crippen LogP contribution in [0.25, 0.3) is 0 Å². The molecule has 186 valence electrons. The molecule has 4 aliphatic rings. The van der Waals surface area contributed by atoms with E-state index >= 15 is 0 Å². The molecule has 35 heavy (non-hydrogen) atoms. The number of aryl methyl sites for hydroxylation is 1. The van der Waals surface area contributed by atoms with Gasteiger partial charge < -0.3 is 15.5 Å². The largest absolute Gasteiger partial charge is 0.350 e. The molecule has 4 fully saturated rings. The van der Waals surface area contributed by atoms with Gasteiger partial charge in [-0.25, -0.2) is 4.39 Å². The molecule has 0 aromatic heterocycles. The van der Waals surface area contributed by atoms with E-state index in [4.69, 9.17) is 23.2 Å². The average Bonchev–Trinajstić information content (AvgIpc) is 3.63. The summed E-state index contributed by atoms with van der Waals surface area (Å²) < 4.78 is 14.7. The van der Waals surface area contributed by atoms with Crippen LogP contribution >= 0.6 is 23.2 Å². The van der Waals surface area contributed by atoms with Crippen molar-refractivity contribution < 1.29 is 14.0 Å². The Morgan fingerprint density at radius 2 is 1.89 bits per heavy atom. The molecule has 0 unspecified atom stereocenters. The van der Waals surface area contributed by atoms with Gasteiger partial charge in [-0.2, -0.15) is 0 Å². The molecule has 3 aliphatic heterocycles. The van der Waals surface area contributed by atoms with Crippen LogP contribution in [-0.4, -0.2) is 48.4 Å². The van der Waals surface area contributed by atoms with E-state index in [1.165, 1.54) is 6.07 Å². The molecule has 1 aliphatic carbocycles. The van der Waals surface area contributed by atoms with Crippen molar-refractivity contribution in [2.75, 3.05) is 19.6 Å². The minimum Gasteiger partial charge on any atom is -0.350 e. The maximum absolute atomic E-state index is 14.7. The van der Waals surface area contributed by atoms with Gasteiger partial charge in [0, 0.05) is 29.1 Å². The van der Waals surface area contributed by atoms with E-state index in [1.54, 1.807) is 24.3 Å². The van der Waals surface area contributed by atoms with Crippen molar-refractivity contribution in [3.63, 3.8) is 0 Å². The third-order valence-electron chi connectivity index (χ3n) is 7.87. The number of carbonyl (C=O) groups excluding carboxylic acids is 2. The number of fused-ring (bicyclic) bond motifs is 3. The first-order chi connectivity index (χ1) is 16.7. The van der Waals surface area contributed by atoms with Gasteiger partial charge in [-0.3, -0.25) is 9.59 Å². The molecule has 2 bridgehead atoms. The van der Waals surface area contributed by atoms with E-state index in [0.29, 0.717) is 39.9 Å². The second kappa shape index (κ2) is 9.72. The highest BCUT2D eigenvalue weighted by Gasteiger charge is 2.53. The van der Waals surface area contributed by atoms with Crippen molar-refractivity contribution in [2.24, 2.45) is 5.92 Å². The molecule has 0 radical (unpaired) electrons. The Morgan fingerprint density at radius 1 is 1.14 bits per heavy atom. The molecular formula is C27H30Cl2FN3O2. The van der Waals surface area contributed by atoms with Gasteiger partial charge >= 0.3 is 0 Å². The summed E-state index contributed by atoms with van der Waals surface area (Å²) in [4.78, 5) is 29.4. The van der Waals surface area contributed by atoms with E-state index < -0.39 is 11.5 Å². The van der Waals surface area contributed by atoms with Crippen molar-refractivity contribution in [2.45, 2.75) is 56.5 Å². The average molecular weight is 518 g/mol. The molecule has 5 nitrogen and oxygen atoms in total. The van der Waals surface area contributed by atoms with E-state index in [9.17, 15) is 14.0 Å². The second-order valence-corrected chi connectivity index (χ2v) is 11.1. The Hall–Kier alpha value is -2.15. The van der Waals surface area contributed by atoms with E-state index in [0.717, 1.165) is 38.0 Å². The van der Waals surface area contributed by atoms with Crippen molar-refractivity contribution in [1.29, 1.82) is 0 Å². The summed E-state index contributed by atoms with van der Waals surface area (Å²) in [6.07, 6.45) is 3.47. The number of carbonyl (C=O) groups is 2. The number of hydrogen-bond donors (Lipinski definition) is 2. The molecule has 3 saturated heterocycles. The molecule has 3 heterocycles. The lowest BCUT2D eigenvalue weighted by atomic mass is 9.84. The third kappa shape index (κ3) is 5.07. The Balaban J connectivity index is 1.37. The lowest BCUT2D eigenvalue weighted by molar-refractivity contribution is -0.131. The van der Waals surface area contributed by atoms with Crippen molar-refractivity contribution in [1.82, 2.24) is 15.5 Å². The summed E-state index contributed by atoms with van der Waals surface area (Å²) in [7, 11) is 0. The highest BCUT2D eigenvalue weighted by Crippen LogP contribution is 2.51. The van der Waals surface area contributed by atoms with Gasteiger partial charge in [-0.1, -0.05) is 41.4 Å². The topological polar surface area (TPSA) is 61.4 Å². The zero-order valence-corrected chi connectivity index (χ0v) is 21.3. The Morgan fingerprint density at radius 3 is 2.49 bits per heavy atom. The van der Waals surface area contributed by atoms with Crippen LogP contribution in [0.4, 0.5) is 4.39 Å². The van der Waals surface area contributed by atoms with Crippen molar-refractivity contribution in [3.05, 3.63) is 69.0 Å². The summed E-state index contributed by atoms with van der Waals surface area (Å²) in [5.74, 6) is -0.459. The number of amides is 2. The van der Waals surface area contributed by atoms with Crippen molar-refractivity contribution >= 4 is 35.0 Å². The lowest BCUT2D eigenvalue weighted by Gasteiger charge is -2.45. The fraction of sp³-hybridized carbons (Fsp3) is 0.481. The number of nitrogens with zero attached hydrogens (tertiary/aromatic N) is 1. The first-order valence-corrected chi connectivity index (χ1v) is 13.0. The molecular weight excluding hydrogens is 488 g/mol. The lowest BCUT2D eigenvalue weighted by Crippen LogP contribution is -2.60. The predicted molar refractivity (Wildman–Crippen MR) is 135 cm³/mol. The van der Waals surface area contributed by atoms with Crippen molar-refractivity contribution in [3.8, 4) is 0 Å². The summed E-state index contributed by atoms with van der Waals surface area (Å²) in [5.41, 5.74) is 1.12. The van der Waals surface area contributed by atoms with Crippen LogP contribution in [0, 0.1) is 18.7 Å². The van der Waals surface area contributed by atoms with Gasteiger partial charge in [0.15, 0.2) is 0 Å². The molecule has 2 N–H and O–H groups in total. The highest BCUT2D eigenvalue weighted by atomic mass is 35.5. The first kappa shape index (κ1) is 24.5. The van der Waals surface area contributed by atoms with Gasteiger partial charge in [0.1, 0.15) is 11.9 Å². The van der Waals surface area contributed by atoms with Gasteiger partial charge in [-0.05, 0) is 86.5 Å². The van der Waals surface area contributed by atoms with Crippen LogP contribution in [0.3, 0.4) is 0 Å². The van der Waals surface area contributed by atoms with Gasteiger partial charge in [0.05, 0.1) is 5.41 Å². The van der Waals surface area contributed by atoms with E-state index in [-0.39, 0.29) is 30.1 Å². The first-order valence-electron chi connectivity index (χ1n) is 12.3. The normalized spacial score (nSPS) is 25.1. The minimum absolute atomic E-state index is 0.0489. The molecule has 0 spiro atoms. The molecule has 2 amide bonds. The number of benzene rings is 2. The van der Waals surface area contributed by atoms with E-state index in [1.807, 2.05) is 13.0 Å². The van der Waals surface area contributed by atoms with E-state index in [2.05, 4.69) is 15.5 Å². The van der Waals surface area contributed by atoms with Crippen LogP contribution in [0.2, 0.25) is 10.0 Å². The van der Waals surface area contributed by atoms with Gasteiger partial charge in [0.25, 0.3) is 0 Å². The summed E-state index contributed by atoms with van der Waals surface area (Å²) >= 11 is 12.5. The standard InChI is InChI=1S/C27H30Cl2FN3O2/c1-16-2-3-18(22(30)12-16)13-23(25(34)31-24-15-33-10-6-17(24)7-11-33)32-26(35)27(8-9-27)20-5-4-19(28)14-21(20)29/h2-5,12,14,17,23-24H,6-11,13,15H2,1H3,(H,31,34)(H,32,35)/t23-,24+/m0/s1. The maximum Gasteiger partial charge on any atom is 0.243 e. The predicted octanol–water partition coefficient (Wildman–Crippen LogP) is 4.41. The molecule has 1 saturated carbocycles. The van der Waals surface area contributed by atoms with Crippen LogP contribution < -0.4 is 10.6 Å². The second-order valence-electron chi connectivity index (χ2n) is 10.3. The SMILES string of the molecule is Cc1ccc(C[C@H](NC(=O)C2(c3ccc(Cl)cc3Cl)CC2)C(=O)N[C@@H]2CN3CCC2CC3)c(F)c1. The quantitative estimate of drug-likeness (QED) is 0.571. The Labute approximate surface area is 215 Å². The number of hydrogen-bond acceptors (Lipinski definition) is 3. The Kier molecular flexibility index (Phi) is 6.81. The Bertz CT molecular complexity index is 1150. The van der Waals surface area contributed by atoms with Gasteiger partial charge in [0.2, 0.25) is 11.8 Å². The zero-order valence-electron chi connectivity index (χ0n) is 19.8. The molecule has 2 atom stereocenters. The van der Waals surface area contributed by atoms with Crippen LogP contribution in [0.1, 0.15) is 42.4 Å².